The minimum atomic E-state index is -0.969. The van der Waals surface area contributed by atoms with E-state index in [2.05, 4.69) is 6.07 Å². The van der Waals surface area contributed by atoms with Gasteiger partial charge in [0.1, 0.15) is 0 Å². The molecule has 1 aromatic carbocycles. The summed E-state index contributed by atoms with van der Waals surface area (Å²) in [6.07, 6.45) is 1.09. The molecule has 1 rings (SSSR count). The van der Waals surface area contributed by atoms with Crippen LogP contribution < -0.4 is 0 Å². The van der Waals surface area contributed by atoms with E-state index in [1.54, 1.807) is 13.8 Å². The maximum absolute atomic E-state index is 10.6. The monoisotopic (exact) mass is 217 g/mol. The summed E-state index contributed by atoms with van der Waals surface area (Å²) in [5, 5.41) is 19.7. The lowest BCUT2D eigenvalue weighted by atomic mass is 9.71. The third-order valence-electron chi connectivity index (χ3n) is 3.37. The molecule has 1 unspecified atom stereocenters. The summed E-state index contributed by atoms with van der Waals surface area (Å²) in [6, 6.07) is 12.0. The molecule has 0 fully saturated rings. The van der Waals surface area contributed by atoms with Crippen molar-refractivity contribution < 1.29 is 5.11 Å². The van der Waals surface area contributed by atoms with Gasteiger partial charge >= 0.3 is 0 Å². The maximum atomic E-state index is 10.6. The van der Waals surface area contributed by atoms with Crippen LogP contribution in [0.3, 0.4) is 0 Å². The van der Waals surface area contributed by atoms with Crippen molar-refractivity contribution in [2.24, 2.45) is 5.41 Å². The molecule has 86 valence electrons. The molecule has 0 heterocycles. The topological polar surface area (TPSA) is 44.0 Å². The SMILES string of the molecule is CCC(O)(Cc1ccccc1)C(C)(C)C#N. The molecule has 0 saturated heterocycles. The van der Waals surface area contributed by atoms with Gasteiger partial charge in [-0.05, 0) is 25.8 Å². The lowest BCUT2D eigenvalue weighted by Gasteiger charge is -2.37. The molecule has 0 aliphatic carbocycles. The Labute approximate surface area is 97.5 Å². The van der Waals surface area contributed by atoms with E-state index in [1.807, 2.05) is 37.3 Å². The van der Waals surface area contributed by atoms with Gasteiger partial charge in [-0.3, -0.25) is 0 Å². The Bertz CT molecular complexity index is 377. The predicted octanol–water partition coefficient (Wildman–Crippen LogP) is 2.92. The summed E-state index contributed by atoms with van der Waals surface area (Å²) < 4.78 is 0. The Kier molecular flexibility index (Phi) is 3.72. The second kappa shape index (κ2) is 4.67. The number of benzene rings is 1. The Morgan fingerprint density at radius 1 is 1.25 bits per heavy atom. The molecular formula is C14H19NO. The summed E-state index contributed by atoms with van der Waals surface area (Å²) in [6.45, 7) is 5.50. The molecule has 0 saturated carbocycles. The molecule has 1 N–H and O–H groups in total. The van der Waals surface area contributed by atoms with Crippen molar-refractivity contribution in [1.29, 1.82) is 5.26 Å². The van der Waals surface area contributed by atoms with Crippen LogP contribution in [0.5, 0.6) is 0 Å². The summed E-state index contributed by atoms with van der Waals surface area (Å²) in [5.74, 6) is 0. The van der Waals surface area contributed by atoms with E-state index in [4.69, 9.17) is 5.26 Å². The first-order valence-electron chi connectivity index (χ1n) is 5.63. The van der Waals surface area contributed by atoms with Gasteiger partial charge in [0.25, 0.3) is 0 Å². The molecule has 0 aliphatic heterocycles. The van der Waals surface area contributed by atoms with Gasteiger partial charge in [-0.1, -0.05) is 37.3 Å². The van der Waals surface area contributed by atoms with E-state index in [1.165, 1.54) is 0 Å². The fourth-order valence-electron chi connectivity index (χ4n) is 1.83. The fourth-order valence-corrected chi connectivity index (χ4v) is 1.83. The summed E-state index contributed by atoms with van der Waals surface area (Å²) in [4.78, 5) is 0. The molecule has 16 heavy (non-hydrogen) atoms. The van der Waals surface area contributed by atoms with Crippen molar-refractivity contribution in [3.63, 3.8) is 0 Å². The second-order valence-corrected chi connectivity index (χ2v) is 4.78. The third-order valence-corrected chi connectivity index (χ3v) is 3.37. The zero-order valence-electron chi connectivity index (χ0n) is 10.2. The number of nitrogens with zero attached hydrogens (tertiary/aromatic N) is 1. The molecule has 0 bridgehead atoms. The molecule has 0 aromatic heterocycles. The van der Waals surface area contributed by atoms with Crippen molar-refractivity contribution in [2.45, 2.75) is 39.2 Å². The first kappa shape index (κ1) is 12.7. The van der Waals surface area contributed by atoms with E-state index in [0.29, 0.717) is 12.8 Å². The Morgan fingerprint density at radius 2 is 1.81 bits per heavy atom. The molecule has 0 spiro atoms. The normalized spacial score (nSPS) is 15.2. The average Bonchev–Trinajstić information content (AvgIpc) is 2.30. The van der Waals surface area contributed by atoms with Crippen LogP contribution in [0.15, 0.2) is 30.3 Å². The molecule has 1 aromatic rings. The van der Waals surface area contributed by atoms with Crippen LogP contribution in [0.1, 0.15) is 32.8 Å². The minimum absolute atomic E-state index is 0.519. The number of nitriles is 1. The van der Waals surface area contributed by atoms with Gasteiger partial charge in [-0.25, -0.2) is 0 Å². The van der Waals surface area contributed by atoms with Crippen LogP contribution in [0, 0.1) is 16.7 Å². The zero-order chi connectivity index (χ0) is 12.2. The number of rotatable bonds is 4. The highest BCUT2D eigenvalue weighted by Gasteiger charge is 2.42. The summed E-state index contributed by atoms with van der Waals surface area (Å²) in [5.41, 5.74) is -0.643. The Balaban J connectivity index is 2.96. The minimum Gasteiger partial charge on any atom is -0.388 e. The number of hydrogen-bond donors (Lipinski definition) is 1. The fraction of sp³-hybridized carbons (Fsp3) is 0.500. The Morgan fingerprint density at radius 3 is 2.25 bits per heavy atom. The van der Waals surface area contributed by atoms with Crippen LogP contribution in [-0.2, 0) is 6.42 Å². The first-order chi connectivity index (χ1) is 7.45. The van der Waals surface area contributed by atoms with E-state index >= 15 is 0 Å². The van der Waals surface area contributed by atoms with E-state index in [-0.39, 0.29) is 0 Å². The van der Waals surface area contributed by atoms with Gasteiger partial charge in [0.15, 0.2) is 0 Å². The van der Waals surface area contributed by atoms with Gasteiger partial charge in [-0.2, -0.15) is 5.26 Å². The lowest BCUT2D eigenvalue weighted by Crippen LogP contribution is -2.45. The first-order valence-corrected chi connectivity index (χ1v) is 5.63. The van der Waals surface area contributed by atoms with Crippen molar-refractivity contribution in [2.75, 3.05) is 0 Å². The zero-order valence-corrected chi connectivity index (χ0v) is 10.2. The molecule has 0 amide bonds. The highest BCUT2D eigenvalue weighted by molar-refractivity contribution is 5.20. The molecule has 0 radical (unpaired) electrons. The number of hydrogen-bond acceptors (Lipinski definition) is 2. The standard InChI is InChI=1S/C14H19NO/c1-4-14(16,13(2,3)11-15)10-12-8-6-5-7-9-12/h5-9,16H,4,10H2,1-3H3. The molecule has 2 nitrogen and oxygen atoms in total. The predicted molar refractivity (Wildman–Crippen MR) is 64.8 cm³/mol. The smallest absolute Gasteiger partial charge is 0.0865 e. The van der Waals surface area contributed by atoms with Gasteiger partial charge in [0, 0.05) is 6.42 Å². The molecule has 1 atom stereocenters. The molecule has 0 aliphatic rings. The highest BCUT2D eigenvalue weighted by atomic mass is 16.3. The summed E-state index contributed by atoms with van der Waals surface area (Å²) >= 11 is 0. The summed E-state index contributed by atoms with van der Waals surface area (Å²) in [7, 11) is 0. The van der Waals surface area contributed by atoms with E-state index in [0.717, 1.165) is 5.56 Å². The van der Waals surface area contributed by atoms with Gasteiger partial charge < -0.3 is 5.11 Å². The number of aliphatic hydroxyl groups is 1. The molecular weight excluding hydrogens is 198 g/mol. The van der Waals surface area contributed by atoms with Gasteiger partial charge in [0.05, 0.1) is 17.1 Å². The van der Waals surface area contributed by atoms with Crippen LogP contribution in [0.2, 0.25) is 0 Å². The van der Waals surface area contributed by atoms with Crippen LogP contribution >= 0.6 is 0 Å². The largest absolute Gasteiger partial charge is 0.388 e. The third kappa shape index (κ3) is 2.43. The van der Waals surface area contributed by atoms with Crippen LogP contribution in [-0.4, -0.2) is 10.7 Å². The van der Waals surface area contributed by atoms with Crippen molar-refractivity contribution in [3.8, 4) is 6.07 Å². The van der Waals surface area contributed by atoms with E-state index in [9.17, 15) is 5.11 Å². The Hall–Kier alpha value is -1.33. The quantitative estimate of drug-likeness (QED) is 0.842. The van der Waals surface area contributed by atoms with Crippen molar-refractivity contribution in [3.05, 3.63) is 35.9 Å². The molecule has 2 heteroatoms. The second-order valence-electron chi connectivity index (χ2n) is 4.78. The van der Waals surface area contributed by atoms with Crippen molar-refractivity contribution >= 4 is 0 Å². The average molecular weight is 217 g/mol. The maximum Gasteiger partial charge on any atom is 0.0865 e. The van der Waals surface area contributed by atoms with E-state index < -0.39 is 11.0 Å². The van der Waals surface area contributed by atoms with Crippen LogP contribution in [0.4, 0.5) is 0 Å². The van der Waals surface area contributed by atoms with Gasteiger partial charge in [-0.15, -0.1) is 0 Å². The van der Waals surface area contributed by atoms with Gasteiger partial charge in [0.2, 0.25) is 0 Å². The van der Waals surface area contributed by atoms with Crippen LogP contribution in [0.25, 0.3) is 0 Å². The lowest BCUT2D eigenvalue weighted by molar-refractivity contribution is -0.0415. The highest BCUT2D eigenvalue weighted by Crippen LogP contribution is 2.35. The van der Waals surface area contributed by atoms with Crippen molar-refractivity contribution in [1.82, 2.24) is 0 Å².